The molecule has 3 aromatic rings. The number of aryl methyl sites for hydroxylation is 1. The molecule has 1 aromatic carbocycles. The molecular weight excluding hydrogens is 238 g/mol. The molecule has 2 heterocycles. The van der Waals surface area contributed by atoms with Crippen molar-refractivity contribution < 1.29 is 9.21 Å². The molecule has 0 saturated heterocycles. The predicted octanol–water partition coefficient (Wildman–Crippen LogP) is 3.56. The van der Waals surface area contributed by atoms with Crippen LogP contribution in [0, 0.1) is 6.92 Å². The maximum atomic E-state index is 12.2. The third-order valence-electron chi connectivity index (χ3n) is 3.14. The second-order valence-corrected chi connectivity index (χ2v) is 4.53. The van der Waals surface area contributed by atoms with Crippen molar-refractivity contribution in [2.75, 3.05) is 0 Å². The molecule has 19 heavy (non-hydrogen) atoms. The fraction of sp³-hybridized carbons (Fsp3) is 0.125. The Morgan fingerprint density at radius 2 is 2.11 bits per heavy atom. The molecular formula is C16H13NO2. The molecule has 3 rings (SSSR count). The summed E-state index contributed by atoms with van der Waals surface area (Å²) < 4.78 is 5.18. The highest BCUT2D eigenvalue weighted by atomic mass is 16.3. The van der Waals surface area contributed by atoms with E-state index in [9.17, 15) is 4.79 Å². The number of carbonyl (C=O) groups is 1. The second kappa shape index (κ2) is 4.69. The van der Waals surface area contributed by atoms with E-state index in [1.54, 1.807) is 12.3 Å². The summed E-state index contributed by atoms with van der Waals surface area (Å²) in [6, 6.07) is 11.5. The Bertz CT molecular complexity index is 738. The van der Waals surface area contributed by atoms with Crippen molar-refractivity contribution in [2.45, 2.75) is 13.3 Å². The average Bonchev–Trinajstić information content (AvgIpc) is 2.86. The zero-order valence-electron chi connectivity index (χ0n) is 10.6. The molecule has 0 fully saturated rings. The van der Waals surface area contributed by atoms with Crippen molar-refractivity contribution in [2.24, 2.45) is 0 Å². The molecule has 0 radical (unpaired) electrons. The number of nitrogens with zero attached hydrogens (tertiary/aromatic N) is 1. The van der Waals surface area contributed by atoms with Gasteiger partial charge in [0.1, 0.15) is 12.0 Å². The number of aromatic nitrogens is 1. The fourth-order valence-corrected chi connectivity index (χ4v) is 2.17. The van der Waals surface area contributed by atoms with E-state index >= 15 is 0 Å². The van der Waals surface area contributed by atoms with Crippen molar-refractivity contribution in [1.29, 1.82) is 0 Å². The molecule has 0 saturated carbocycles. The third-order valence-corrected chi connectivity index (χ3v) is 3.14. The number of hydrogen-bond acceptors (Lipinski definition) is 3. The summed E-state index contributed by atoms with van der Waals surface area (Å²) in [5, 5.41) is 1.03. The van der Waals surface area contributed by atoms with Gasteiger partial charge in [0, 0.05) is 18.0 Å². The minimum atomic E-state index is 0.0632. The van der Waals surface area contributed by atoms with Gasteiger partial charge >= 0.3 is 0 Å². The van der Waals surface area contributed by atoms with Crippen LogP contribution in [0.1, 0.15) is 21.7 Å². The van der Waals surface area contributed by atoms with Crippen molar-refractivity contribution in [3.8, 4) is 0 Å². The summed E-state index contributed by atoms with van der Waals surface area (Å²) in [7, 11) is 0. The number of ketones is 1. The van der Waals surface area contributed by atoms with Crippen LogP contribution in [-0.4, -0.2) is 10.8 Å². The Morgan fingerprint density at radius 3 is 2.89 bits per heavy atom. The summed E-state index contributed by atoms with van der Waals surface area (Å²) >= 11 is 0. The molecule has 0 N–H and O–H groups in total. The number of pyridine rings is 1. The van der Waals surface area contributed by atoms with Gasteiger partial charge in [0.2, 0.25) is 0 Å². The molecule has 3 heteroatoms. The van der Waals surface area contributed by atoms with Crippen molar-refractivity contribution in [1.82, 2.24) is 4.98 Å². The lowest BCUT2D eigenvalue weighted by Crippen LogP contribution is -2.03. The molecule has 94 valence electrons. The second-order valence-electron chi connectivity index (χ2n) is 4.53. The Balaban J connectivity index is 1.95. The van der Waals surface area contributed by atoms with E-state index in [0.29, 0.717) is 12.0 Å². The predicted molar refractivity (Wildman–Crippen MR) is 73.2 cm³/mol. The number of benzene rings is 1. The first-order valence-corrected chi connectivity index (χ1v) is 6.15. The van der Waals surface area contributed by atoms with Gasteiger partial charge in [-0.25, -0.2) is 0 Å². The third kappa shape index (κ3) is 2.27. The lowest BCUT2D eigenvalue weighted by molar-refractivity contribution is 0.0992. The Hall–Kier alpha value is -2.42. The van der Waals surface area contributed by atoms with Crippen LogP contribution in [0.5, 0.6) is 0 Å². The summed E-state index contributed by atoms with van der Waals surface area (Å²) in [4.78, 5) is 16.5. The van der Waals surface area contributed by atoms with E-state index < -0.39 is 0 Å². The van der Waals surface area contributed by atoms with E-state index in [1.165, 1.54) is 6.26 Å². The molecule has 0 amide bonds. The number of carbonyl (C=O) groups excluding carboxylic acids is 1. The van der Waals surface area contributed by atoms with Crippen LogP contribution in [0.2, 0.25) is 0 Å². The summed E-state index contributed by atoms with van der Waals surface area (Å²) in [6.45, 7) is 1.83. The van der Waals surface area contributed by atoms with Crippen LogP contribution in [0.4, 0.5) is 0 Å². The first-order valence-electron chi connectivity index (χ1n) is 6.15. The van der Waals surface area contributed by atoms with Crippen LogP contribution < -0.4 is 0 Å². The summed E-state index contributed by atoms with van der Waals surface area (Å²) in [5.74, 6) is 0.816. The van der Waals surface area contributed by atoms with Crippen LogP contribution in [0.3, 0.4) is 0 Å². The monoisotopic (exact) mass is 251 g/mol. The van der Waals surface area contributed by atoms with Gasteiger partial charge in [-0.05, 0) is 30.7 Å². The number of hydrogen-bond donors (Lipinski definition) is 0. The maximum absolute atomic E-state index is 12.2. The molecule has 0 bridgehead atoms. The van der Waals surface area contributed by atoms with E-state index in [4.69, 9.17) is 4.42 Å². The standard InChI is InChI=1S/C16H13NO2/c1-11-8-13(10-19-11)16(18)9-12-6-7-17-15-5-3-2-4-14(12)15/h2-8,10H,9H2,1H3. The zero-order chi connectivity index (χ0) is 13.2. The van der Waals surface area contributed by atoms with Gasteiger partial charge in [-0.15, -0.1) is 0 Å². The molecule has 0 aliphatic carbocycles. The average molecular weight is 251 g/mol. The molecule has 0 aliphatic rings. The molecule has 3 nitrogen and oxygen atoms in total. The Kier molecular flexibility index (Phi) is 2.88. The lowest BCUT2D eigenvalue weighted by Gasteiger charge is -2.04. The zero-order valence-corrected chi connectivity index (χ0v) is 10.6. The molecule has 0 unspecified atom stereocenters. The van der Waals surface area contributed by atoms with Crippen LogP contribution in [-0.2, 0) is 6.42 Å². The van der Waals surface area contributed by atoms with Crippen molar-refractivity contribution in [3.63, 3.8) is 0 Å². The first kappa shape index (κ1) is 11.7. The highest BCUT2D eigenvalue weighted by Crippen LogP contribution is 2.18. The van der Waals surface area contributed by atoms with Crippen LogP contribution in [0.25, 0.3) is 10.9 Å². The topological polar surface area (TPSA) is 43.1 Å². The SMILES string of the molecule is Cc1cc(C(=O)Cc2ccnc3ccccc23)co1. The summed E-state index contributed by atoms with van der Waals surface area (Å²) in [5.41, 5.74) is 2.53. The number of rotatable bonds is 3. The Labute approximate surface area is 110 Å². The number of furan rings is 1. The fourth-order valence-electron chi connectivity index (χ4n) is 2.17. The highest BCUT2D eigenvalue weighted by molar-refractivity contribution is 5.99. The van der Waals surface area contributed by atoms with Gasteiger partial charge in [-0.1, -0.05) is 18.2 Å². The van der Waals surface area contributed by atoms with Gasteiger partial charge in [0.15, 0.2) is 5.78 Å². The van der Waals surface area contributed by atoms with E-state index in [0.717, 1.165) is 22.2 Å². The minimum Gasteiger partial charge on any atom is -0.469 e. The largest absolute Gasteiger partial charge is 0.469 e. The number of fused-ring (bicyclic) bond motifs is 1. The molecule has 0 spiro atoms. The normalized spacial score (nSPS) is 10.8. The number of Topliss-reactive ketones (excluding diaryl/α,β-unsaturated/α-hetero) is 1. The molecule has 0 atom stereocenters. The van der Waals surface area contributed by atoms with E-state index in [2.05, 4.69) is 4.98 Å². The van der Waals surface area contributed by atoms with Gasteiger partial charge in [0.25, 0.3) is 0 Å². The van der Waals surface area contributed by atoms with Crippen molar-refractivity contribution in [3.05, 3.63) is 65.7 Å². The van der Waals surface area contributed by atoms with E-state index in [-0.39, 0.29) is 5.78 Å². The van der Waals surface area contributed by atoms with Gasteiger partial charge in [0.05, 0.1) is 11.1 Å². The van der Waals surface area contributed by atoms with Crippen molar-refractivity contribution >= 4 is 16.7 Å². The van der Waals surface area contributed by atoms with Crippen LogP contribution >= 0.6 is 0 Å². The Morgan fingerprint density at radius 1 is 1.26 bits per heavy atom. The summed E-state index contributed by atoms with van der Waals surface area (Å²) in [6.07, 6.45) is 3.62. The van der Waals surface area contributed by atoms with Gasteiger partial charge in [-0.2, -0.15) is 0 Å². The van der Waals surface area contributed by atoms with E-state index in [1.807, 2.05) is 37.3 Å². The quantitative estimate of drug-likeness (QED) is 0.668. The molecule has 0 aliphatic heterocycles. The smallest absolute Gasteiger partial charge is 0.170 e. The lowest BCUT2D eigenvalue weighted by atomic mass is 10.0. The first-order chi connectivity index (χ1) is 9.24. The minimum absolute atomic E-state index is 0.0632. The maximum Gasteiger partial charge on any atom is 0.170 e. The van der Waals surface area contributed by atoms with Gasteiger partial charge < -0.3 is 4.42 Å². The number of para-hydroxylation sites is 1. The highest BCUT2D eigenvalue weighted by Gasteiger charge is 2.11. The van der Waals surface area contributed by atoms with Crippen LogP contribution in [0.15, 0.2) is 53.3 Å². The van der Waals surface area contributed by atoms with Gasteiger partial charge in [-0.3, -0.25) is 9.78 Å². The molecule has 2 aromatic heterocycles.